The number of hydrogen-bond acceptors (Lipinski definition) is 0. The molecule has 0 nitrogen and oxygen atoms in total. The van der Waals surface area contributed by atoms with Crippen LogP contribution in [0.3, 0.4) is 0 Å². The molecule has 9 heavy (non-hydrogen) atoms. The van der Waals surface area contributed by atoms with E-state index >= 15 is 0 Å². The second kappa shape index (κ2) is 2.92. The molecular weight excluding hydrogens is 108 g/mol. The molecule has 0 spiro atoms. The monoisotopic (exact) mass is 122 g/mol. The van der Waals surface area contributed by atoms with Gasteiger partial charge in [-0.3, -0.25) is 0 Å². The highest BCUT2D eigenvalue weighted by Crippen LogP contribution is 2.27. The van der Waals surface area contributed by atoms with Gasteiger partial charge in [-0.05, 0) is 18.8 Å². The van der Waals surface area contributed by atoms with Crippen molar-refractivity contribution in [3.63, 3.8) is 0 Å². The van der Waals surface area contributed by atoms with Gasteiger partial charge in [0, 0.05) is 12.3 Å². The van der Waals surface area contributed by atoms with E-state index in [1.165, 1.54) is 12.8 Å². The molecule has 50 valence electrons. The van der Waals surface area contributed by atoms with E-state index in [2.05, 4.69) is 25.7 Å². The third-order valence-corrected chi connectivity index (χ3v) is 1.39. The molecule has 0 aromatic heterocycles. The molecule has 0 atom stereocenters. The van der Waals surface area contributed by atoms with E-state index in [4.69, 9.17) is 0 Å². The molecule has 0 radical (unpaired) electrons. The lowest BCUT2D eigenvalue weighted by Gasteiger charge is -1.91. The minimum absolute atomic E-state index is 0.747. The Morgan fingerprint density at radius 1 is 1.44 bits per heavy atom. The van der Waals surface area contributed by atoms with E-state index in [0.29, 0.717) is 0 Å². The first-order valence-corrected chi connectivity index (χ1v) is 3.77. The molecule has 0 unspecified atom stereocenters. The summed E-state index contributed by atoms with van der Waals surface area (Å²) in [6, 6.07) is 0. The number of hydrogen-bond donors (Lipinski definition) is 0. The van der Waals surface area contributed by atoms with E-state index in [0.717, 1.165) is 18.3 Å². The fourth-order valence-corrected chi connectivity index (χ4v) is 0.635. The van der Waals surface area contributed by atoms with Crippen molar-refractivity contribution in [1.82, 2.24) is 0 Å². The van der Waals surface area contributed by atoms with Crippen LogP contribution in [0.15, 0.2) is 0 Å². The molecule has 0 aliphatic heterocycles. The molecule has 1 saturated carbocycles. The van der Waals surface area contributed by atoms with Crippen LogP contribution in [0.1, 0.15) is 33.1 Å². The third kappa shape index (κ3) is 3.19. The van der Waals surface area contributed by atoms with Gasteiger partial charge in [-0.15, -0.1) is 5.92 Å². The second-order valence-electron chi connectivity index (χ2n) is 3.19. The largest absolute Gasteiger partial charge is 0.103 e. The van der Waals surface area contributed by atoms with Crippen molar-refractivity contribution in [2.45, 2.75) is 33.1 Å². The summed E-state index contributed by atoms with van der Waals surface area (Å²) >= 11 is 0. The van der Waals surface area contributed by atoms with Crippen LogP contribution >= 0.6 is 0 Å². The molecule has 1 aliphatic carbocycles. The molecular formula is C9H14. The maximum atomic E-state index is 3.24. The van der Waals surface area contributed by atoms with Gasteiger partial charge in [-0.2, -0.15) is 0 Å². The Bertz CT molecular complexity index is 130. The minimum atomic E-state index is 0.747. The van der Waals surface area contributed by atoms with Crippen LogP contribution in [0.2, 0.25) is 0 Å². The van der Waals surface area contributed by atoms with Gasteiger partial charge in [0.1, 0.15) is 0 Å². The van der Waals surface area contributed by atoms with Crippen molar-refractivity contribution in [2.24, 2.45) is 11.8 Å². The van der Waals surface area contributed by atoms with E-state index < -0.39 is 0 Å². The van der Waals surface area contributed by atoms with Crippen LogP contribution in [0, 0.1) is 23.7 Å². The van der Waals surface area contributed by atoms with E-state index in [9.17, 15) is 0 Å². The van der Waals surface area contributed by atoms with Gasteiger partial charge < -0.3 is 0 Å². The van der Waals surface area contributed by atoms with Gasteiger partial charge in [0.2, 0.25) is 0 Å². The van der Waals surface area contributed by atoms with Gasteiger partial charge in [0.15, 0.2) is 0 Å². The lowest BCUT2D eigenvalue weighted by molar-refractivity contribution is 0.675. The summed E-state index contributed by atoms with van der Waals surface area (Å²) in [5.41, 5.74) is 0. The highest BCUT2D eigenvalue weighted by atomic mass is 14.2. The van der Waals surface area contributed by atoms with Crippen molar-refractivity contribution in [3.05, 3.63) is 0 Å². The average Bonchev–Trinajstić information content (AvgIpc) is 2.48. The van der Waals surface area contributed by atoms with E-state index in [1.54, 1.807) is 0 Å². The smallest absolute Gasteiger partial charge is 0.0203 e. The Hall–Kier alpha value is -0.440. The molecule has 1 aliphatic rings. The van der Waals surface area contributed by atoms with Crippen LogP contribution in [-0.2, 0) is 0 Å². The predicted molar refractivity (Wildman–Crippen MR) is 40.0 cm³/mol. The molecule has 0 heterocycles. The zero-order valence-electron chi connectivity index (χ0n) is 6.28. The summed E-state index contributed by atoms with van der Waals surface area (Å²) in [5.74, 6) is 7.96. The van der Waals surface area contributed by atoms with Crippen LogP contribution < -0.4 is 0 Å². The first kappa shape index (κ1) is 6.68. The topological polar surface area (TPSA) is 0 Å². The first-order valence-electron chi connectivity index (χ1n) is 3.77. The van der Waals surface area contributed by atoms with Crippen molar-refractivity contribution in [1.29, 1.82) is 0 Å². The molecule has 0 aromatic rings. The SMILES string of the molecule is CC(C)CC#CC1CC1. The van der Waals surface area contributed by atoms with Crippen molar-refractivity contribution in [3.8, 4) is 11.8 Å². The second-order valence-corrected chi connectivity index (χ2v) is 3.19. The standard InChI is InChI=1S/C9H14/c1-8(2)4-3-5-9-6-7-9/h8-9H,4,6-7H2,1-2H3. The quantitative estimate of drug-likeness (QED) is 0.469. The lowest BCUT2D eigenvalue weighted by Crippen LogP contribution is -1.81. The Labute approximate surface area is 57.7 Å². The predicted octanol–water partition coefficient (Wildman–Crippen LogP) is 2.45. The highest BCUT2D eigenvalue weighted by molar-refractivity contribution is 5.09. The Morgan fingerprint density at radius 3 is 2.56 bits per heavy atom. The molecule has 0 heteroatoms. The Balaban J connectivity index is 2.09. The molecule has 0 bridgehead atoms. The van der Waals surface area contributed by atoms with E-state index in [1.807, 2.05) is 0 Å². The fourth-order valence-electron chi connectivity index (χ4n) is 0.635. The van der Waals surface area contributed by atoms with Gasteiger partial charge in [0.25, 0.3) is 0 Å². The fraction of sp³-hybridized carbons (Fsp3) is 0.778. The molecule has 0 aromatic carbocycles. The summed E-state index contributed by atoms with van der Waals surface area (Å²) in [7, 11) is 0. The zero-order valence-corrected chi connectivity index (χ0v) is 6.28. The van der Waals surface area contributed by atoms with Crippen LogP contribution in [-0.4, -0.2) is 0 Å². The molecule has 1 rings (SSSR count). The van der Waals surface area contributed by atoms with Crippen molar-refractivity contribution < 1.29 is 0 Å². The molecule has 0 amide bonds. The van der Waals surface area contributed by atoms with Gasteiger partial charge in [0.05, 0.1) is 0 Å². The van der Waals surface area contributed by atoms with Crippen molar-refractivity contribution in [2.75, 3.05) is 0 Å². The molecule has 1 fully saturated rings. The van der Waals surface area contributed by atoms with Crippen LogP contribution in [0.25, 0.3) is 0 Å². The summed E-state index contributed by atoms with van der Waals surface area (Å²) in [6.07, 6.45) is 3.78. The Morgan fingerprint density at radius 2 is 2.11 bits per heavy atom. The normalized spacial score (nSPS) is 17.2. The average molecular weight is 122 g/mol. The lowest BCUT2D eigenvalue weighted by atomic mass is 10.1. The Kier molecular flexibility index (Phi) is 2.16. The summed E-state index contributed by atoms with van der Waals surface area (Å²) < 4.78 is 0. The summed E-state index contributed by atoms with van der Waals surface area (Å²) in [4.78, 5) is 0. The van der Waals surface area contributed by atoms with Crippen LogP contribution in [0.4, 0.5) is 0 Å². The van der Waals surface area contributed by atoms with Crippen molar-refractivity contribution >= 4 is 0 Å². The summed E-state index contributed by atoms with van der Waals surface area (Å²) in [5, 5.41) is 0. The highest BCUT2D eigenvalue weighted by Gasteiger charge is 2.17. The summed E-state index contributed by atoms with van der Waals surface area (Å²) in [6.45, 7) is 4.42. The van der Waals surface area contributed by atoms with E-state index in [-0.39, 0.29) is 0 Å². The van der Waals surface area contributed by atoms with Gasteiger partial charge in [-0.25, -0.2) is 0 Å². The van der Waals surface area contributed by atoms with Crippen LogP contribution in [0.5, 0.6) is 0 Å². The van der Waals surface area contributed by atoms with Gasteiger partial charge in [-0.1, -0.05) is 19.8 Å². The minimum Gasteiger partial charge on any atom is -0.103 e. The third-order valence-electron chi connectivity index (χ3n) is 1.39. The molecule has 0 saturated heterocycles. The first-order chi connectivity index (χ1) is 4.29. The molecule has 0 N–H and O–H groups in total. The van der Waals surface area contributed by atoms with Gasteiger partial charge >= 0.3 is 0 Å². The number of rotatable bonds is 1. The zero-order chi connectivity index (χ0) is 6.69. The maximum Gasteiger partial charge on any atom is 0.0203 e. The maximum absolute atomic E-state index is 3.24.